The lowest BCUT2D eigenvalue weighted by atomic mass is 10.1. The highest BCUT2D eigenvalue weighted by molar-refractivity contribution is 6.01. The Morgan fingerprint density at radius 2 is 1.63 bits per heavy atom. The average molecular weight is 421 g/mol. The summed E-state index contributed by atoms with van der Waals surface area (Å²) in [5.41, 5.74) is 0.185. The molecule has 30 heavy (non-hydrogen) atoms. The zero-order valence-electron chi connectivity index (χ0n) is 16.6. The van der Waals surface area contributed by atoms with Gasteiger partial charge in [-0.3, -0.25) is 14.4 Å². The van der Waals surface area contributed by atoms with E-state index in [1.165, 1.54) is 12.1 Å². The number of imide groups is 1. The molecular formula is C20H23NO9. The first kappa shape index (κ1) is 23.0. The first-order valence-corrected chi connectivity index (χ1v) is 9.35. The molecule has 0 bridgehead atoms. The summed E-state index contributed by atoms with van der Waals surface area (Å²) in [5.74, 6) is -4.58. The average Bonchev–Trinajstić information content (AvgIpc) is 3.02. The van der Waals surface area contributed by atoms with Gasteiger partial charge in [-0.1, -0.05) is 44.2 Å². The van der Waals surface area contributed by atoms with Crippen LogP contribution in [0.15, 0.2) is 30.3 Å². The van der Waals surface area contributed by atoms with Crippen LogP contribution in [0, 0.1) is 5.92 Å². The molecule has 2 rings (SSSR count). The minimum atomic E-state index is -1.88. The molecule has 0 saturated carbocycles. The van der Waals surface area contributed by atoms with Crippen molar-refractivity contribution in [3.05, 3.63) is 35.9 Å². The van der Waals surface area contributed by atoms with Crippen LogP contribution in [0.5, 0.6) is 0 Å². The molecule has 0 radical (unpaired) electrons. The molecule has 0 aromatic heterocycles. The van der Waals surface area contributed by atoms with E-state index in [0.717, 1.165) is 0 Å². The summed E-state index contributed by atoms with van der Waals surface area (Å²) in [5, 5.41) is 10.3. The molecule has 1 fully saturated rings. The maximum atomic E-state index is 12.5. The van der Waals surface area contributed by atoms with Crippen molar-refractivity contribution >= 4 is 29.7 Å². The van der Waals surface area contributed by atoms with Crippen LogP contribution >= 0.6 is 0 Å². The predicted molar refractivity (Wildman–Crippen MR) is 98.9 cm³/mol. The molecule has 1 aliphatic rings. The number of esters is 2. The van der Waals surface area contributed by atoms with Crippen LogP contribution in [0.1, 0.15) is 44.8 Å². The minimum absolute atomic E-state index is 0.0753. The van der Waals surface area contributed by atoms with Crippen molar-refractivity contribution in [1.29, 1.82) is 0 Å². The Labute approximate surface area is 172 Å². The summed E-state index contributed by atoms with van der Waals surface area (Å²) in [6.07, 6.45) is -4.40. The Morgan fingerprint density at radius 1 is 1.03 bits per heavy atom. The van der Waals surface area contributed by atoms with Gasteiger partial charge in [-0.2, -0.15) is 0 Å². The third-order valence-corrected chi connectivity index (χ3v) is 3.95. The second-order valence-electron chi connectivity index (χ2n) is 7.02. The highest BCUT2D eigenvalue weighted by atomic mass is 16.7. The van der Waals surface area contributed by atoms with E-state index in [4.69, 9.17) is 14.3 Å². The van der Waals surface area contributed by atoms with Crippen molar-refractivity contribution in [3.63, 3.8) is 0 Å². The van der Waals surface area contributed by atoms with Crippen molar-refractivity contribution in [2.45, 2.75) is 45.3 Å². The van der Waals surface area contributed by atoms with Gasteiger partial charge in [0.05, 0.1) is 13.0 Å². The number of hydroxylamine groups is 2. The number of hydrogen-bond acceptors (Lipinski definition) is 9. The van der Waals surface area contributed by atoms with Crippen LogP contribution in [-0.4, -0.2) is 52.6 Å². The van der Waals surface area contributed by atoms with E-state index in [-0.39, 0.29) is 30.9 Å². The quantitative estimate of drug-likeness (QED) is 0.454. The third kappa shape index (κ3) is 6.38. The molecule has 0 aliphatic carbocycles. The highest BCUT2D eigenvalue weighted by Crippen LogP contribution is 2.23. The molecule has 1 saturated heterocycles. The summed E-state index contributed by atoms with van der Waals surface area (Å²) in [6.45, 7) is 3.77. The molecule has 162 valence electrons. The van der Waals surface area contributed by atoms with E-state index in [1.807, 2.05) is 13.8 Å². The summed E-state index contributed by atoms with van der Waals surface area (Å²) in [4.78, 5) is 64.6. The number of benzene rings is 1. The van der Waals surface area contributed by atoms with E-state index in [0.29, 0.717) is 5.06 Å². The SMILES string of the molecule is CC(C)COC(=O)C[C@H](O)C(=O)O[C@H](C(=O)ON1C(=O)CCC1=O)c1ccccc1. The smallest absolute Gasteiger partial charge is 0.378 e. The van der Waals surface area contributed by atoms with Crippen LogP contribution in [0.3, 0.4) is 0 Å². The number of amides is 2. The zero-order valence-corrected chi connectivity index (χ0v) is 16.6. The Hall–Kier alpha value is -3.27. The van der Waals surface area contributed by atoms with E-state index in [2.05, 4.69) is 0 Å². The molecule has 1 aromatic carbocycles. The number of carbonyl (C=O) groups is 5. The van der Waals surface area contributed by atoms with Gasteiger partial charge in [0.25, 0.3) is 11.8 Å². The van der Waals surface area contributed by atoms with Gasteiger partial charge in [0.2, 0.25) is 6.10 Å². The van der Waals surface area contributed by atoms with Gasteiger partial charge in [0.1, 0.15) is 0 Å². The fraction of sp³-hybridized carbons (Fsp3) is 0.450. The molecule has 1 aromatic rings. The Morgan fingerprint density at radius 3 is 2.20 bits per heavy atom. The molecule has 1 N–H and O–H groups in total. The van der Waals surface area contributed by atoms with Crippen molar-refractivity contribution in [3.8, 4) is 0 Å². The number of aliphatic hydroxyl groups excluding tert-OH is 1. The molecule has 1 aliphatic heterocycles. The van der Waals surface area contributed by atoms with E-state index >= 15 is 0 Å². The lowest BCUT2D eigenvalue weighted by molar-refractivity contribution is -0.207. The summed E-state index contributed by atoms with van der Waals surface area (Å²) in [7, 11) is 0. The third-order valence-electron chi connectivity index (χ3n) is 3.95. The summed E-state index contributed by atoms with van der Waals surface area (Å²) >= 11 is 0. The number of aliphatic hydroxyl groups is 1. The normalized spacial score (nSPS) is 15.7. The van der Waals surface area contributed by atoms with Gasteiger partial charge in [-0.15, -0.1) is 5.06 Å². The molecule has 2 amide bonds. The fourth-order valence-corrected chi connectivity index (χ4v) is 2.43. The van der Waals surface area contributed by atoms with Crippen molar-refractivity contribution in [2.75, 3.05) is 6.61 Å². The maximum Gasteiger partial charge on any atom is 0.378 e. The van der Waals surface area contributed by atoms with E-state index < -0.39 is 48.4 Å². The van der Waals surface area contributed by atoms with Crippen molar-refractivity contribution < 1.29 is 43.4 Å². The molecule has 10 nitrogen and oxygen atoms in total. The zero-order chi connectivity index (χ0) is 22.3. The lowest BCUT2D eigenvalue weighted by Crippen LogP contribution is -2.36. The van der Waals surface area contributed by atoms with Crippen LogP contribution in [-0.2, 0) is 38.3 Å². The second kappa shape index (κ2) is 10.5. The van der Waals surface area contributed by atoms with Crippen molar-refractivity contribution in [2.24, 2.45) is 5.92 Å². The maximum absolute atomic E-state index is 12.5. The number of nitrogens with zero attached hydrogens (tertiary/aromatic N) is 1. The fourth-order valence-electron chi connectivity index (χ4n) is 2.43. The number of rotatable bonds is 9. The van der Waals surface area contributed by atoms with Gasteiger partial charge in [-0.05, 0) is 5.92 Å². The highest BCUT2D eigenvalue weighted by Gasteiger charge is 2.37. The molecule has 0 spiro atoms. The first-order chi connectivity index (χ1) is 14.2. The van der Waals surface area contributed by atoms with Crippen molar-refractivity contribution in [1.82, 2.24) is 5.06 Å². The molecular weight excluding hydrogens is 398 g/mol. The Bertz CT molecular complexity index is 790. The van der Waals surface area contributed by atoms with Gasteiger partial charge < -0.3 is 19.4 Å². The standard InChI is InChI=1S/C20H23NO9/c1-12(2)11-28-17(25)10-14(22)19(26)29-18(13-6-4-3-5-7-13)20(27)30-21-15(23)8-9-16(21)24/h3-7,12,14,18,22H,8-11H2,1-2H3/t14-,18-/m0/s1. The summed E-state index contributed by atoms with van der Waals surface area (Å²) in [6, 6.07) is 7.69. The van der Waals surface area contributed by atoms with Gasteiger partial charge >= 0.3 is 17.9 Å². The lowest BCUT2D eigenvalue weighted by Gasteiger charge is -2.21. The van der Waals surface area contributed by atoms with Gasteiger partial charge in [0.15, 0.2) is 6.10 Å². The van der Waals surface area contributed by atoms with Crippen LogP contribution in [0.25, 0.3) is 0 Å². The summed E-state index contributed by atoms with van der Waals surface area (Å²) < 4.78 is 9.94. The van der Waals surface area contributed by atoms with Crippen LogP contribution in [0.2, 0.25) is 0 Å². The first-order valence-electron chi connectivity index (χ1n) is 9.35. The van der Waals surface area contributed by atoms with E-state index in [9.17, 15) is 29.1 Å². The monoisotopic (exact) mass is 421 g/mol. The Kier molecular flexibility index (Phi) is 8.05. The predicted octanol–water partition coefficient (Wildman–Crippen LogP) is 0.828. The number of ether oxygens (including phenoxy) is 2. The van der Waals surface area contributed by atoms with Gasteiger partial charge in [-0.25, -0.2) is 9.59 Å². The number of carbonyl (C=O) groups excluding carboxylic acids is 5. The molecule has 10 heteroatoms. The topological polar surface area (TPSA) is 137 Å². The molecule has 2 atom stereocenters. The van der Waals surface area contributed by atoms with Crippen LogP contribution in [0.4, 0.5) is 0 Å². The number of hydrogen-bond donors (Lipinski definition) is 1. The minimum Gasteiger partial charge on any atom is -0.465 e. The van der Waals surface area contributed by atoms with E-state index in [1.54, 1.807) is 18.2 Å². The second-order valence-corrected chi connectivity index (χ2v) is 7.02. The molecule has 1 heterocycles. The van der Waals surface area contributed by atoms with Crippen LogP contribution < -0.4 is 0 Å². The molecule has 0 unspecified atom stereocenters. The van der Waals surface area contributed by atoms with Gasteiger partial charge in [0, 0.05) is 18.4 Å². The largest absolute Gasteiger partial charge is 0.465 e. The Balaban J connectivity index is 2.07.